The molecule has 3 nitrogen and oxygen atoms in total. The first-order valence-electron chi connectivity index (χ1n) is 8.02. The number of ether oxygens (including phenoxy) is 2. The van der Waals surface area contributed by atoms with Crippen LogP contribution in [-0.2, 0) is 27.5 Å². The Morgan fingerprint density at radius 1 is 0.786 bits per heavy atom. The zero-order valence-electron chi connectivity index (χ0n) is 14.6. The second kappa shape index (κ2) is 10.8. The summed E-state index contributed by atoms with van der Waals surface area (Å²) in [6.07, 6.45) is -3.52. The second-order valence-electron chi connectivity index (χ2n) is 5.74. The van der Waals surface area contributed by atoms with E-state index in [1.807, 2.05) is 12.1 Å². The van der Waals surface area contributed by atoms with Gasteiger partial charge in [-0.3, -0.25) is 6.42 Å². The molecule has 2 rings (SSSR count). The molecule has 0 spiro atoms. The van der Waals surface area contributed by atoms with Crippen LogP contribution >= 0.6 is 0 Å². The maximum absolute atomic E-state index is 12.8. The Morgan fingerprint density at radius 3 is 1.68 bits per heavy atom. The molecule has 2 aromatic rings. The van der Waals surface area contributed by atoms with Gasteiger partial charge in [0.15, 0.2) is 6.61 Å². The molecule has 0 saturated heterocycles. The molecule has 28 heavy (non-hydrogen) atoms. The maximum atomic E-state index is 12.8. The van der Waals surface area contributed by atoms with E-state index < -0.39 is 18.7 Å². The van der Waals surface area contributed by atoms with Crippen molar-refractivity contribution in [2.45, 2.75) is 18.5 Å². The number of halogens is 5. The van der Waals surface area contributed by atoms with Gasteiger partial charge in [-0.15, -0.1) is 0 Å². The third-order valence-corrected chi connectivity index (χ3v) is 3.59. The maximum Gasteiger partial charge on any atom is 0.456 e. The zero-order valence-corrected chi connectivity index (χ0v) is 17.5. The van der Waals surface area contributed by atoms with Gasteiger partial charge in [-0.25, -0.2) is 0 Å². The summed E-state index contributed by atoms with van der Waals surface area (Å²) in [5.74, 6) is -4.31. The van der Waals surface area contributed by atoms with Crippen LogP contribution < -0.4 is 9.47 Å². The number of aliphatic hydroxyl groups is 1. The summed E-state index contributed by atoms with van der Waals surface area (Å²) in [7, 11) is 0. The van der Waals surface area contributed by atoms with Crippen LogP contribution in [0.1, 0.15) is 11.1 Å². The minimum atomic E-state index is -5.64. The second-order valence-corrected chi connectivity index (χ2v) is 5.74. The first-order chi connectivity index (χ1) is 12.7. The summed E-state index contributed by atoms with van der Waals surface area (Å²) >= 11 is 0. The van der Waals surface area contributed by atoms with E-state index in [0.717, 1.165) is 11.1 Å². The van der Waals surface area contributed by atoms with Crippen LogP contribution in [0.15, 0.2) is 48.5 Å². The van der Waals surface area contributed by atoms with Crippen molar-refractivity contribution in [3.8, 4) is 11.5 Å². The normalized spacial score (nSPS) is 11.6. The monoisotopic (exact) mass is 573 g/mol. The quantitative estimate of drug-likeness (QED) is 0.275. The standard InChI is InChI=1S/C19H18F5O3.W/c20-18(21,19(22,23)24)13-27-17-8-4-15(5-9-17)12-14-2-6-16(7-3-14)26-11-1-10-25;/h1-9,25H,10-13H2;/q-1;. The minimum absolute atomic E-state index is 0. The minimum Gasteiger partial charge on any atom is -0.525 e. The number of benzene rings is 2. The van der Waals surface area contributed by atoms with Gasteiger partial charge in [0.25, 0.3) is 0 Å². The Kier molecular flexibility index (Phi) is 9.37. The van der Waals surface area contributed by atoms with Crippen molar-refractivity contribution in [2.24, 2.45) is 0 Å². The van der Waals surface area contributed by atoms with Crippen LogP contribution in [0, 0.1) is 6.42 Å². The largest absolute Gasteiger partial charge is 0.525 e. The molecule has 1 N–H and O–H groups in total. The molecule has 0 atom stereocenters. The van der Waals surface area contributed by atoms with Crippen molar-refractivity contribution in [3.63, 3.8) is 0 Å². The third-order valence-electron chi connectivity index (χ3n) is 3.59. The summed E-state index contributed by atoms with van der Waals surface area (Å²) in [6, 6.07) is 13.1. The van der Waals surface area contributed by atoms with E-state index in [2.05, 4.69) is 4.74 Å². The van der Waals surface area contributed by atoms with Gasteiger partial charge < -0.3 is 14.6 Å². The predicted molar refractivity (Wildman–Crippen MR) is 89.1 cm³/mol. The first-order valence-corrected chi connectivity index (χ1v) is 8.02. The number of hydrogen-bond donors (Lipinski definition) is 1. The number of alkyl halides is 5. The van der Waals surface area contributed by atoms with E-state index in [1.165, 1.54) is 12.1 Å². The fraction of sp³-hybridized carbons (Fsp3) is 0.316. The Hall–Kier alpha value is -1.66. The van der Waals surface area contributed by atoms with Gasteiger partial charge in [0.05, 0.1) is 0 Å². The van der Waals surface area contributed by atoms with Crippen molar-refractivity contribution in [1.29, 1.82) is 0 Å². The van der Waals surface area contributed by atoms with Gasteiger partial charge >= 0.3 is 12.1 Å². The topological polar surface area (TPSA) is 38.7 Å². The van der Waals surface area contributed by atoms with Crippen molar-refractivity contribution < 1.29 is 57.6 Å². The Bertz CT molecular complexity index is 703. The van der Waals surface area contributed by atoms with Crippen LogP contribution in [-0.4, -0.2) is 37.0 Å². The summed E-state index contributed by atoms with van der Waals surface area (Å²) in [4.78, 5) is 0. The molecule has 0 saturated carbocycles. The number of aliphatic hydroxyl groups excluding tert-OH is 1. The van der Waals surface area contributed by atoms with E-state index in [9.17, 15) is 22.0 Å². The molecule has 0 aliphatic rings. The van der Waals surface area contributed by atoms with E-state index in [1.54, 1.807) is 30.7 Å². The summed E-state index contributed by atoms with van der Waals surface area (Å²) in [5.41, 5.74) is 1.80. The van der Waals surface area contributed by atoms with Crippen molar-refractivity contribution >= 4 is 0 Å². The van der Waals surface area contributed by atoms with Crippen LogP contribution in [0.5, 0.6) is 11.5 Å². The van der Waals surface area contributed by atoms with Crippen LogP contribution in [0.3, 0.4) is 0 Å². The average Bonchev–Trinajstić information content (AvgIpc) is 2.62. The summed E-state index contributed by atoms with van der Waals surface area (Å²) in [5, 5.41) is 8.65. The Labute approximate surface area is 173 Å². The summed E-state index contributed by atoms with van der Waals surface area (Å²) < 4.78 is 71.9. The smallest absolute Gasteiger partial charge is 0.456 e. The van der Waals surface area contributed by atoms with Gasteiger partial charge in [-0.2, -0.15) is 22.0 Å². The number of hydrogen-bond acceptors (Lipinski definition) is 3. The van der Waals surface area contributed by atoms with E-state index in [-0.39, 0.29) is 33.4 Å². The Morgan fingerprint density at radius 2 is 1.25 bits per heavy atom. The molecule has 0 aliphatic heterocycles. The van der Waals surface area contributed by atoms with Crippen LogP contribution in [0.25, 0.3) is 0 Å². The summed E-state index contributed by atoms with van der Waals surface area (Å²) in [6.45, 7) is -1.53. The molecule has 154 valence electrons. The number of rotatable bonds is 9. The predicted octanol–water partition coefficient (Wildman–Crippen LogP) is 4.43. The average molecular weight is 573 g/mol. The third kappa shape index (κ3) is 7.40. The molecule has 0 bridgehead atoms. The SMILES string of the molecule is OC[CH-]COc1ccc(Cc2ccc(OCC(F)(F)C(F)(F)F)cc2)cc1.[W]. The van der Waals surface area contributed by atoms with Crippen molar-refractivity contribution in [3.05, 3.63) is 66.1 Å². The van der Waals surface area contributed by atoms with Gasteiger partial charge in [0.2, 0.25) is 0 Å². The molecular formula is C19H18F5O3W-. The molecule has 0 radical (unpaired) electrons. The van der Waals surface area contributed by atoms with Gasteiger partial charge in [-0.1, -0.05) is 30.9 Å². The molecule has 0 fully saturated rings. The molecule has 2 aromatic carbocycles. The van der Waals surface area contributed by atoms with Gasteiger partial charge in [-0.05, 0) is 48.4 Å². The Balaban J connectivity index is 0.00000392. The van der Waals surface area contributed by atoms with Crippen molar-refractivity contribution in [1.82, 2.24) is 0 Å². The fourth-order valence-electron chi connectivity index (χ4n) is 2.11. The van der Waals surface area contributed by atoms with Crippen LogP contribution in [0.4, 0.5) is 22.0 Å². The molecule has 9 heteroatoms. The molecular weight excluding hydrogens is 555 g/mol. The van der Waals surface area contributed by atoms with Gasteiger partial charge in [0, 0.05) is 21.1 Å². The molecule has 0 amide bonds. The fourth-order valence-corrected chi connectivity index (χ4v) is 2.11. The molecule has 0 aliphatic carbocycles. The van der Waals surface area contributed by atoms with E-state index in [0.29, 0.717) is 18.8 Å². The van der Waals surface area contributed by atoms with Crippen LogP contribution in [0.2, 0.25) is 0 Å². The zero-order chi connectivity index (χ0) is 19.9. The molecule has 0 aromatic heterocycles. The molecule has 0 heterocycles. The molecule has 0 unspecified atom stereocenters. The van der Waals surface area contributed by atoms with E-state index >= 15 is 0 Å². The van der Waals surface area contributed by atoms with E-state index in [4.69, 9.17) is 9.84 Å². The van der Waals surface area contributed by atoms with Crippen molar-refractivity contribution in [2.75, 3.05) is 19.8 Å². The first kappa shape index (κ1) is 24.4. The van der Waals surface area contributed by atoms with Gasteiger partial charge in [0.1, 0.15) is 11.5 Å².